The SMILES string of the molecule is CCC(/C=C\C1=C(N)N(C(CC)NC2=CC(OCC=O)=CCN2C)C2CCN1C2)C(=O)N[C@@H]1CC1(F)F. The Bertz CT molecular complexity index is 1010. The fourth-order valence-corrected chi connectivity index (χ4v) is 5.11. The number of allylic oxidation sites excluding steroid dienone is 2. The van der Waals surface area contributed by atoms with E-state index in [1.807, 2.05) is 32.2 Å². The van der Waals surface area contributed by atoms with E-state index in [9.17, 15) is 18.4 Å². The molecule has 204 valence electrons. The molecule has 1 saturated heterocycles. The van der Waals surface area contributed by atoms with Crippen LogP contribution in [-0.2, 0) is 14.3 Å². The van der Waals surface area contributed by atoms with Crippen molar-refractivity contribution in [1.29, 1.82) is 0 Å². The molecule has 3 aliphatic heterocycles. The van der Waals surface area contributed by atoms with Gasteiger partial charge in [-0.25, -0.2) is 8.78 Å². The van der Waals surface area contributed by atoms with Crippen molar-refractivity contribution in [3.05, 3.63) is 47.4 Å². The highest BCUT2D eigenvalue weighted by molar-refractivity contribution is 5.81. The number of nitrogens with one attached hydrogen (secondary N) is 2. The van der Waals surface area contributed by atoms with E-state index in [4.69, 9.17) is 10.5 Å². The Labute approximate surface area is 217 Å². The Kier molecular flexibility index (Phi) is 7.99. The average Bonchev–Trinajstić information content (AvgIpc) is 3.25. The number of alkyl halides is 2. The van der Waals surface area contributed by atoms with Gasteiger partial charge in [0.25, 0.3) is 5.92 Å². The van der Waals surface area contributed by atoms with E-state index < -0.39 is 17.9 Å². The summed E-state index contributed by atoms with van der Waals surface area (Å²) in [5.74, 6) is -1.54. The molecule has 0 aromatic carbocycles. The molecule has 4 rings (SSSR count). The van der Waals surface area contributed by atoms with Crippen LogP contribution in [-0.4, -0.2) is 84.4 Å². The molecular formula is C26H38F2N6O3. The first-order valence-corrected chi connectivity index (χ1v) is 13.0. The minimum Gasteiger partial charge on any atom is -0.486 e. The highest BCUT2D eigenvalue weighted by Gasteiger charge is 2.58. The Hall–Kier alpha value is -3.24. The first kappa shape index (κ1) is 26.8. The summed E-state index contributed by atoms with van der Waals surface area (Å²) in [4.78, 5) is 29.8. The number of amides is 1. The molecule has 1 amide bonds. The van der Waals surface area contributed by atoms with Crippen LogP contribution in [0.1, 0.15) is 39.5 Å². The molecule has 2 fully saturated rings. The minimum absolute atomic E-state index is 0.00576. The summed E-state index contributed by atoms with van der Waals surface area (Å²) in [6, 6.07) is -0.813. The Morgan fingerprint density at radius 3 is 2.76 bits per heavy atom. The molecule has 9 nitrogen and oxygen atoms in total. The lowest BCUT2D eigenvalue weighted by atomic mass is 10.0. The third-order valence-corrected chi connectivity index (χ3v) is 7.46. The molecular weight excluding hydrogens is 482 g/mol. The van der Waals surface area contributed by atoms with Crippen molar-refractivity contribution in [2.24, 2.45) is 11.7 Å². The number of fused-ring (bicyclic) bond motifs is 2. The van der Waals surface area contributed by atoms with Crippen molar-refractivity contribution < 1.29 is 23.1 Å². The van der Waals surface area contributed by atoms with Crippen LogP contribution in [0.4, 0.5) is 8.78 Å². The third kappa shape index (κ3) is 5.86. The van der Waals surface area contributed by atoms with Crippen LogP contribution in [0, 0.1) is 5.92 Å². The van der Waals surface area contributed by atoms with Crippen molar-refractivity contribution in [2.45, 2.75) is 63.7 Å². The van der Waals surface area contributed by atoms with Gasteiger partial charge in [-0.1, -0.05) is 19.9 Å². The Morgan fingerprint density at radius 2 is 2.11 bits per heavy atom. The van der Waals surface area contributed by atoms with E-state index in [0.717, 1.165) is 43.7 Å². The highest BCUT2D eigenvalue weighted by Crippen LogP contribution is 2.42. The van der Waals surface area contributed by atoms with Gasteiger partial charge in [-0.3, -0.25) is 9.59 Å². The Morgan fingerprint density at radius 1 is 1.35 bits per heavy atom. The van der Waals surface area contributed by atoms with Gasteiger partial charge < -0.3 is 35.8 Å². The van der Waals surface area contributed by atoms with Crippen LogP contribution in [0.2, 0.25) is 0 Å². The molecule has 37 heavy (non-hydrogen) atoms. The van der Waals surface area contributed by atoms with E-state index in [0.29, 0.717) is 24.5 Å². The number of rotatable bonds is 12. The molecule has 0 spiro atoms. The number of halogens is 2. The maximum atomic E-state index is 13.3. The number of ether oxygens (including phenoxy) is 1. The molecule has 0 radical (unpaired) electrons. The average molecular weight is 521 g/mol. The molecule has 4 atom stereocenters. The van der Waals surface area contributed by atoms with Gasteiger partial charge in [-0.05, 0) is 31.4 Å². The largest absolute Gasteiger partial charge is 0.486 e. The number of nitrogens with two attached hydrogens (primary N) is 1. The molecule has 1 aliphatic carbocycles. The number of likely N-dealkylation sites (N-methyl/N-ethyl adjacent to an activating group) is 1. The van der Waals surface area contributed by atoms with E-state index >= 15 is 0 Å². The lowest BCUT2D eigenvalue weighted by Crippen LogP contribution is -2.56. The zero-order valence-corrected chi connectivity index (χ0v) is 21.8. The first-order valence-electron chi connectivity index (χ1n) is 13.0. The van der Waals surface area contributed by atoms with Gasteiger partial charge in [0.15, 0.2) is 6.29 Å². The zero-order chi connectivity index (χ0) is 26.7. The minimum atomic E-state index is -2.79. The zero-order valence-electron chi connectivity index (χ0n) is 21.8. The van der Waals surface area contributed by atoms with Crippen LogP contribution in [0.25, 0.3) is 0 Å². The van der Waals surface area contributed by atoms with Gasteiger partial charge in [0.1, 0.15) is 30.2 Å². The Balaban J connectivity index is 1.51. The first-order chi connectivity index (χ1) is 17.7. The number of hydrogen-bond donors (Lipinski definition) is 3. The lowest BCUT2D eigenvalue weighted by Gasteiger charge is -2.44. The van der Waals surface area contributed by atoms with E-state index in [-0.39, 0.29) is 31.1 Å². The molecule has 1 saturated carbocycles. The van der Waals surface area contributed by atoms with Crippen molar-refractivity contribution >= 4 is 12.2 Å². The van der Waals surface area contributed by atoms with Crippen LogP contribution < -0.4 is 16.4 Å². The predicted octanol–water partition coefficient (Wildman–Crippen LogP) is 1.82. The fourth-order valence-electron chi connectivity index (χ4n) is 5.11. The molecule has 3 heterocycles. The summed E-state index contributed by atoms with van der Waals surface area (Å²) in [6.45, 7) is 6.28. The van der Waals surface area contributed by atoms with E-state index in [1.165, 1.54) is 0 Å². The number of carbonyl (C=O) groups is 2. The highest BCUT2D eigenvalue weighted by atomic mass is 19.3. The van der Waals surface area contributed by atoms with Crippen molar-refractivity contribution in [3.63, 3.8) is 0 Å². The summed E-state index contributed by atoms with van der Waals surface area (Å²) < 4.78 is 32.0. The second kappa shape index (κ2) is 11.0. The van der Waals surface area contributed by atoms with Crippen LogP contribution in [0.5, 0.6) is 0 Å². The van der Waals surface area contributed by atoms with E-state index in [2.05, 4.69) is 32.3 Å². The second-order valence-corrected chi connectivity index (χ2v) is 10.0. The fraction of sp³-hybridized carbons (Fsp3) is 0.615. The van der Waals surface area contributed by atoms with Crippen LogP contribution in [0.15, 0.2) is 47.4 Å². The smallest absolute Gasteiger partial charge is 0.270 e. The van der Waals surface area contributed by atoms with Crippen LogP contribution in [0.3, 0.4) is 0 Å². The van der Waals surface area contributed by atoms with Gasteiger partial charge in [-0.15, -0.1) is 0 Å². The van der Waals surface area contributed by atoms with E-state index in [1.54, 1.807) is 6.08 Å². The summed E-state index contributed by atoms with van der Waals surface area (Å²) >= 11 is 0. The molecule has 0 aromatic heterocycles. The molecule has 11 heteroatoms. The molecule has 0 aromatic rings. The van der Waals surface area contributed by atoms with Crippen molar-refractivity contribution in [2.75, 3.05) is 33.3 Å². The van der Waals surface area contributed by atoms with Crippen molar-refractivity contribution in [3.8, 4) is 0 Å². The monoisotopic (exact) mass is 520 g/mol. The standard InChI is InChI=1S/C26H38F2N6O3/c1-4-17(25(36)30-21-15-26(21,27)28)6-7-20-24(29)34(18-8-11-33(20)16-18)22(5-2)31-23-14-19(37-13-12-35)9-10-32(23)3/h6-7,9,12,14,17-18,21-22,31H,4-5,8,10-11,13,15-16,29H2,1-3H3,(H,30,36)/b7-6-/t17?,18?,21-,22?/m1/s1. The number of carbonyl (C=O) groups excluding carboxylic acids is 2. The number of aldehydes is 1. The van der Waals surface area contributed by atoms with Crippen molar-refractivity contribution in [1.82, 2.24) is 25.3 Å². The summed E-state index contributed by atoms with van der Waals surface area (Å²) in [6.07, 6.45) is 10.0. The van der Waals surface area contributed by atoms with Gasteiger partial charge >= 0.3 is 0 Å². The summed E-state index contributed by atoms with van der Waals surface area (Å²) in [7, 11) is 1.98. The summed E-state index contributed by atoms with van der Waals surface area (Å²) in [5, 5.41) is 6.07. The van der Waals surface area contributed by atoms with Gasteiger partial charge in [-0.2, -0.15) is 0 Å². The maximum Gasteiger partial charge on any atom is 0.270 e. The lowest BCUT2D eigenvalue weighted by molar-refractivity contribution is -0.124. The van der Waals surface area contributed by atoms with Crippen LogP contribution >= 0.6 is 0 Å². The molecule has 4 N–H and O–H groups in total. The maximum absolute atomic E-state index is 13.3. The normalized spacial score (nSPS) is 26.0. The van der Waals surface area contributed by atoms with Gasteiger partial charge in [0.2, 0.25) is 5.91 Å². The second-order valence-electron chi connectivity index (χ2n) is 10.0. The number of nitrogens with zero attached hydrogens (tertiary/aromatic N) is 3. The predicted molar refractivity (Wildman–Crippen MR) is 135 cm³/mol. The number of hydrogen-bond acceptors (Lipinski definition) is 8. The topological polar surface area (TPSA) is 103 Å². The summed E-state index contributed by atoms with van der Waals surface area (Å²) in [5.41, 5.74) is 7.59. The third-order valence-electron chi connectivity index (χ3n) is 7.46. The van der Waals surface area contributed by atoms with Gasteiger partial charge in [0, 0.05) is 39.2 Å². The molecule has 3 unspecified atom stereocenters. The van der Waals surface area contributed by atoms with Gasteiger partial charge in [0.05, 0.1) is 23.7 Å². The molecule has 4 aliphatic rings. The quantitative estimate of drug-likeness (QED) is 0.335. The molecule has 2 bridgehead atoms.